The second kappa shape index (κ2) is 8.63. The Balaban J connectivity index is 1.31. The monoisotopic (exact) mass is 349 g/mol. The summed E-state index contributed by atoms with van der Waals surface area (Å²) in [6.45, 7) is 5.02. The molecule has 0 unspecified atom stereocenters. The highest BCUT2D eigenvalue weighted by molar-refractivity contribution is 5.79. The number of nitrogens with zero attached hydrogens (tertiary/aromatic N) is 2. The first-order valence-electron chi connectivity index (χ1n) is 9.27. The molecule has 1 aromatic carbocycles. The molecule has 1 aromatic rings. The Morgan fingerprint density at radius 3 is 2.52 bits per heavy atom. The summed E-state index contributed by atoms with van der Waals surface area (Å²) in [7, 11) is 0. The zero-order chi connectivity index (χ0) is 17.6. The molecule has 0 radical (unpaired) electrons. The molecular weight excluding hydrogens is 321 g/mol. The van der Waals surface area contributed by atoms with Gasteiger partial charge >= 0.3 is 0 Å². The maximum atomic E-state index is 12.8. The molecule has 1 saturated heterocycles. The SMILES string of the molecule is N[C@H]1CC[C@@H](C(=O)N2CCN(CCCOc3ccc(F)cc3)CC2)C1. The summed E-state index contributed by atoms with van der Waals surface area (Å²) in [6, 6.07) is 6.31. The zero-order valence-corrected chi connectivity index (χ0v) is 14.7. The molecule has 1 aliphatic heterocycles. The molecule has 2 aliphatic rings. The standard InChI is InChI=1S/C19H28FN3O2/c20-16-3-6-18(7-4-16)25-13-1-8-22-9-11-23(12-10-22)19(24)15-2-5-17(21)14-15/h3-4,6-7,15,17H,1-2,5,8-14,21H2/t15-,17+/m1/s1. The fraction of sp³-hybridized carbons (Fsp3) is 0.632. The minimum Gasteiger partial charge on any atom is -0.494 e. The highest BCUT2D eigenvalue weighted by Crippen LogP contribution is 2.26. The lowest BCUT2D eigenvalue weighted by Crippen LogP contribution is -2.50. The molecule has 2 fully saturated rings. The number of ether oxygens (including phenoxy) is 1. The number of benzene rings is 1. The Kier molecular flexibility index (Phi) is 6.26. The average Bonchev–Trinajstić information content (AvgIpc) is 3.06. The van der Waals surface area contributed by atoms with Gasteiger partial charge < -0.3 is 15.4 Å². The first kappa shape index (κ1) is 18.1. The number of piperazine rings is 1. The Morgan fingerprint density at radius 2 is 1.88 bits per heavy atom. The van der Waals surface area contributed by atoms with Gasteiger partial charge in [-0.25, -0.2) is 4.39 Å². The molecule has 1 amide bonds. The van der Waals surface area contributed by atoms with Crippen LogP contribution >= 0.6 is 0 Å². The first-order chi connectivity index (χ1) is 12.1. The van der Waals surface area contributed by atoms with Gasteiger partial charge in [-0.05, 0) is 49.9 Å². The Bertz CT molecular complexity index is 558. The molecule has 2 N–H and O–H groups in total. The predicted molar refractivity (Wildman–Crippen MR) is 94.8 cm³/mol. The van der Waals surface area contributed by atoms with Gasteiger partial charge in [-0.3, -0.25) is 9.69 Å². The molecule has 1 saturated carbocycles. The largest absolute Gasteiger partial charge is 0.494 e. The van der Waals surface area contributed by atoms with Crippen LogP contribution < -0.4 is 10.5 Å². The quantitative estimate of drug-likeness (QED) is 0.797. The van der Waals surface area contributed by atoms with Crippen LogP contribution in [0.5, 0.6) is 5.75 Å². The van der Waals surface area contributed by atoms with Gasteiger partial charge in [0.15, 0.2) is 0 Å². The van der Waals surface area contributed by atoms with Crippen LogP contribution in [-0.2, 0) is 4.79 Å². The summed E-state index contributed by atoms with van der Waals surface area (Å²) in [6.07, 6.45) is 3.69. The van der Waals surface area contributed by atoms with Crippen molar-refractivity contribution >= 4 is 5.91 Å². The second-order valence-corrected chi connectivity index (χ2v) is 7.09. The van der Waals surface area contributed by atoms with Crippen molar-refractivity contribution in [2.45, 2.75) is 31.7 Å². The molecule has 0 spiro atoms. The molecule has 3 rings (SSSR count). The fourth-order valence-electron chi connectivity index (χ4n) is 3.70. The molecule has 0 bridgehead atoms. The normalized spacial score (nSPS) is 24.5. The minimum atomic E-state index is -0.251. The van der Waals surface area contributed by atoms with Gasteiger partial charge in [0.2, 0.25) is 5.91 Å². The van der Waals surface area contributed by atoms with E-state index < -0.39 is 0 Å². The molecule has 0 aromatic heterocycles. The lowest BCUT2D eigenvalue weighted by Gasteiger charge is -2.36. The summed E-state index contributed by atoms with van der Waals surface area (Å²) in [5, 5.41) is 0. The highest BCUT2D eigenvalue weighted by Gasteiger charge is 2.32. The van der Waals surface area contributed by atoms with E-state index in [1.165, 1.54) is 12.1 Å². The zero-order valence-electron chi connectivity index (χ0n) is 14.7. The van der Waals surface area contributed by atoms with Crippen LogP contribution in [-0.4, -0.2) is 61.1 Å². The Hall–Kier alpha value is -1.66. The van der Waals surface area contributed by atoms with Gasteiger partial charge in [0, 0.05) is 44.7 Å². The van der Waals surface area contributed by atoms with Gasteiger partial charge in [0.25, 0.3) is 0 Å². The van der Waals surface area contributed by atoms with E-state index in [0.717, 1.165) is 58.4 Å². The van der Waals surface area contributed by atoms with Gasteiger partial charge in [0.1, 0.15) is 11.6 Å². The smallest absolute Gasteiger partial charge is 0.225 e. The van der Waals surface area contributed by atoms with E-state index in [1.54, 1.807) is 12.1 Å². The topological polar surface area (TPSA) is 58.8 Å². The van der Waals surface area contributed by atoms with Crippen molar-refractivity contribution in [3.8, 4) is 5.75 Å². The van der Waals surface area contributed by atoms with Gasteiger partial charge in [-0.1, -0.05) is 0 Å². The van der Waals surface area contributed by atoms with Crippen molar-refractivity contribution in [2.75, 3.05) is 39.3 Å². The number of nitrogens with two attached hydrogens (primary N) is 1. The van der Waals surface area contributed by atoms with Crippen LogP contribution in [0.15, 0.2) is 24.3 Å². The van der Waals surface area contributed by atoms with Crippen LogP contribution in [0.4, 0.5) is 4.39 Å². The number of carbonyl (C=O) groups excluding carboxylic acids is 1. The van der Waals surface area contributed by atoms with Crippen LogP contribution in [0, 0.1) is 11.7 Å². The van der Waals surface area contributed by atoms with Gasteiger partial charge in [-0.2, -0.15) is 0 Å². The number of amides is 1. The number of rotatable bonds is 6. The highest BCUT2D eigenvalue weighted by atomic mass is 19.1. The summed E-state index contributed by atoms with van der Waals surface area (Å²) in [4.78, 5) is 16.9. The molecule has 138 valence electrons. The Labute approximate surface area is 148 Å². The summed E-state index contributed by atoms with van der Waals surface area (Å²) in [5.74, 6) is 0.892. The molecule has 2 atom stereocenters. The van der Waals surface area contributed by atoms with E-state index in [0.29, 0.717) is 18.3 Å². The molecular formula is C19H28FN3O2. The van der Waals surface area contributed by atoms with Crippen molar-refractivity contribution < 1.29 is 13.9 Å². The Morgan fingerprint density at radius 1 is 1.16 bits per heavy atom. The van der Waals surface area contributed by atoms with Gasteiger partial charge in [-0.15, -0.1) is 0 Å². The van der Waals surface area contributed by atoms with E-state index in [1.807, 2.05) is 4.90 Å². The lowest BCUT2D eigenvalue weighted by atomic mass is 10.1. The van der Waals surface area contributed by atoms with Crippen molar-refractivity contribution in [3.05, 3.63) is 30.1 Å². The number of hydrogen-bond donors (Lipinski definition) is 1. The van der Waals surface area contributed by atoms with E-state index in [9.17, 15) is 9.18 Å². The van der Waals surface area contributed by atoms with Crippen LogP contribution in [0.3, 0.4) is 0 Å². The third-order valence-corrected chi connectivity index (χ3v) is 5.21. The number of halogens is 1. The predicted octanol–water partition coefficient (Wildman–Crippen LogP) is 1.87. The van der Waals surface area contributed by atoms with Crippen molar-refractivity contribution in [1.82, 2.24) is 9.80 Å². The maximum Gasteiger partial charge on any atom is 0.225 e. The first-order valence-corrected chi connectivity index (χ1v) is 9.27. The molecule has 1 aliphatic carbocycles. The van der Waals surface area contributed by atoms with E-state index in [2.05, 4.69) is 4.90 Å². The summed E-state index contributed by atoms with van der Waals surface area (Å²) < 4.78 is 18.4. The number of carbonyl (C=O) groups is 1. The summed E-state index contributed by atoms with van der Waals surface area (Å²) in [5.41, 5.74) is 5.92. The lowest BCUT2D eigenvalue weighted by molar-refractivity contribution is -0.137. The molecule has 25 heavy (non-hydrogen) atoms. The van der Waals surface area contributed by atoms with Crippen molar-refractivity contribution in [1.29, 1.82) is 0 Å². The fourth-order valence-corrected chi connectivity index (χ4v) is 3.70. The van der Waals surface area contributed by atoms with E-state index in [-0.39, 0.29) is 17.8 Å². The third-order valence-electron chi connectivity index (χ3n) is 5.21. The van der Waals surface area contributed by atoms with Gasteiger partial charge in [0.05, 0.1) is 6.61 Å². The average molecular weight is 349 g/mol. The van der Waals surface area contributed by atoms with Crippen molar-refractivity contribution in [2.24, 2.45) is 11.7 Å². The second-order valence-electron chi connectivity index (χ2n) is 7.09. The van der Waals surface area contributed by atoms with Crippen molar-refractivity contribution in [3.63, 3.8) is 0 Å². The molecule has 5 nitrogen and oxygen atoms in total. The third kappa shape index (κ3) is 5.16. The number of hydrogen-bond acceptors (Lipinski definition) is 4. The molecule has 1 heterocycles. The molecule has 6 heteroatoms. The minimum absolute atomic E-state index is 0.144. The van der Waals surface area contributed by atoms with Crippen LogP contribution in [0.25, 0.3) is 0 Å². The maximum absolute atomic E-state index is 12.8. The van der Waals surface area contributed by atoms with Crippen LogP contribution in [0.1, 0.15) is 25.7 Å². The van der Waals surface area contributed by atoms with E-state index >= 15 is 0 Å². The van der Waals surface area contributed by atoms with E-state index in [4.69, 9.17) is 10.5 Å². The van der Waals surface area contributed by atoms with Crippen LogP contribution in [0.2, 0.25) is 0 Å². The summed E-state index contributed by atoms with van der Waals surface area (Å²) >= 11 is 0.